The maximum atomic E-state index is 10.2. The van der Waals surface area contributed by atoms with Crippen molar-refractivity contribution in [2.75, 3.05) is 20.3 Å². The summed E-state index contributed by atoms with van der Waals surface area (Å²) in [4.78, 5) is 0. The zero-order chi connectivity index (χ0) is 20.1. The van der Waals surface area contributed by atoms with E-state index < -0.39 is 6.10 Å². The summed E-state index contributed by atoms with van der Waals surface area (Å²) < 4.78 is 17.0. The molecule has 2 N–H and O–H groups in total. The summed E-state index contributed by atoms with van der Waals surface area (Å²) in [5.74, 6) is 1.46. The molecule has 1 saturated heterocycles. The van der Waals surface area contributed by atoms with Crippen LogP contribution in [0.15, 0.2) is 36.4 Å². The van der Waals surface area contributed by atoms with E-state index in [-0.39, 0.29) is 18.8 Å². The Morgan fingerprint density at radius 1 is 1.18 bits per heavy atom. The molecular formula is C22H27ClO5. The van der Waals surface area contributed by atoms with Gasteiger partial charge in [0.1, 0.15) is 11.5 Å². The lowest BCUT2D eigenvalue weighted by atomic mass is 9.93. The van der Waals surface area contributed by atoms with Crippen LogP contribution in [0.5, 0.6) is 11.5 Å². The Balaban J connectivity index is 1.87. The molecule has 1 aliphatic rings. The lowest BCUT2D eigenvalue weighted by Gasteiger charge is -2.33. The predicted octanol–water partition coefficient (Wildman–Crippen LogP) is 3.91. The minimum absolute atomic E-state index is 0.123. The summed E-state index contributed by atoms with van der Waals surface area (Å²) in [5.41, 5.74) is 2.90. The van der Waals surface area contributed by atoms with E-state index in [1.807, 2.05) is 37.3 Å². The summed E-state index contributed by atoms with van der Waals surface area (Å²) in [6.45, 7) is 2.47. The number of hydrogen-bond donors (Lipinski definition) is 2. The summed E-state index contributed by atoms with van der Waals surface area (Å²) in [7, 11) is 1.59. The largest absolute Gasteiger partial charge is 0.496 e. The van der Waals surface area contributed by atoms with Gasteiger partial charge in [-0.25, -0.2) is 0 Å². The molecule has 2 aromatic rings. The molecule has 3 atom stereocenters. The number of benzene rings is 2. The molecule has 152 valence electrons. The van der Waals surface area contributed by atoms with E-state index in [0.29, 0.717) is 36.6 Å². The third-order valence-electron chi connectivity index (χ3n) is 4.96. The van der Waals surface area contributed by atoms with E-state index in [1.165, 1.54) is 0 Å². The van der Waals surface area contributed by atoms with Gasteiger partial charge in [0, 0.05) is 23.4 Å². The summed E-state index contributed by atoms with van der Waals surface area (Å²) >= 11 is 6.50. The number of halogens is 1. The summed E-state index contributed by atoms with van der Waals surface area (Å²) in [5, 5.41) is 20.2. The molecule has 1 aliphatic heterocycles. The van der Waals surface area contributed by atoms with E-state index in [2.05, 4.69) is 0 Å². The number of aliphatic hydroxyl groups excluding tert-OH is 2. The van der Waals surface area contributed by atoms with Gasteiger partial charge in [0.05, 0.1) is 38.6 Å². The molecule has 1 fully saturated rings. The lowest BCUT2D eigenvalue weighted by Crippen LogP contribution is -2.33. The van der Waals surface area contributed by atoms with E-state index in [4.69, 9.17) is 25.8 Å². The van der Waals surface area contributed by atoms with Crippen molar-refractivity contribution in [3.63, 3.8) is 0 Å². The molecule has 0 radical (unpaired) electrons. The van der Waals surface area contributed by atoms with Gasteiger partial charge in [0.2, 0.25) is 0 Å². The van der Waals surface area contributed by atoms with Crippen LogP contribution in [0.1, 0.15) is 42.6 Å². The molecule has 3 rings (SSSR count). The third kappa shape index (κ3) is 4.97. The first-order valence-electron chi connectivity index (χ1n) is 9.56. The van der Waals surface area contributed by atoms with E-state index >= 15 is 0 Å². The first-order valence-corrected chi connectivity index (χ1v) is 9.94. The number of hydrogen-bond acceptors (Lipinski definition) is 5. The molecule has 0 amide bonds. The normalized spacial score (nSPS) is 22.1. The first-order chi connectivity index (χ1) is 13.5. The average Bonchev–Trinajstić information content (AvgIpc) is 2.70. The van der Waals surface area contributed by atoms with Gasteiger partial charge in [0.15, 0.2) is 0 Å². The highest BCUT2D eigenvalue weighted by Gasteiger charge is 2.31. The fourth-order valence-electron chi connectivity index (χ4n) is 3.58. The molecule has 0 saturated carbocycles. The minimum Gasteiger partial charge on any atom is -0.496 e. The zero-order valence-corrected chi connectivity index (χ0v) is 17.0. The Labute approximate surface area is 170 Å². The van der Waals surface area contributed by atoms with Crippen molar-refractivity contribution < 1.29 is 24.4 Å². The van der Waals surface area contributed by atoms with Crippen molar-refractivity contribution in [2.24, 2.45) is 0 Å². The number of rotatable bonds is 7. The van der Waals surface area contributed by atoms with Crippen molar-refractivity contribution in [3.8, 4) is 11.5 Å². The molecule has 5 nitrogen and oxygen atoms in total. The summed E-state index contributed by atoms with van der Waals surface area (Å²) in [6.07, 6.45) is 0.279. The van der Waals surface area contributed by atoms with Crippen molar-refractivity contribution in [1.29, 1.82) is 0 Å². The van der Waals surface area contributed by atoms with Gasteiger partial charge >= 0.3 is 0 Å². The molecule has 28 heavy (non-hydrogen) atoms. The van der Waals surface area contributed by atoms with Crippen LogP contribution in [0.4, 0.5) is 0 Å². The first kappa shape index (κ1) is 20.9. The molecule has 1 heterocycles. The van der Waals surface area contributed by atoms with Gasteiger partial charge in [-0.15, -0.1) is 0 Å². The number of methoxy groups -OCH3 is 1. The topological polar surface area (TPSA) is 68.2 Å². The molecular weight excluding hydrogens is 380 g/mol. The SMILES string of the molecule is CCOc1ccc(Cc2cc([C@H]3C[C@@H](O)C[C@@H](CO)O3)c(OC)cc2Cl)cc1. The molecule has 0 aromatic heterocycles. The highest BCUT2D eigenvalue weighted by atomic mass is 35.5. The smallest absolute Gasteiger partial charge is 0.126 e. The molecule has 0 bridgehead atoms. The van der Waals surface area contributed by atoms with E-state index in [9.17, 15) is 10.2 Å². The van der Waals surface area contributed by atoms with Crippen LogP contribution in [0.25, 0.3) is 0 Å². The van der Waals surface area contributed by atoms with Crippen molar-refractivity contribution >= 4 is 11.6 Å². The molecule has 0 spiro atoms. The van der Waals surface area contributed by atoms with Gasteiger partial charge in [-0.2, -0.15) is 0 Å². The number of ether oxygens (including phenoxy) is 3. The van der Waals surface area contributed by atoms with Crippen molar-refractivity contribution in [1.82, 2.24) is 0 Å². The Hall–Kier alpha value is -1.79. The van der Waals surface area contributed by atoms with E-state index in [1.54, 1.807) is 13.2 Å². The fraction of sp³-hybridized carbons (Fsp3) is 0.455. The van der Waals surface area contributed by atoms with E-state index in [0.717, 1.165) is 22.4 Å². The third-order valence-corrected chi connectivity index (χ3v) is 5.31. The second-order valence-electron chi connectivity index (χ2n) is 6.99. The van der Waals surface area contributed by atoms with Crippen LogP contribution in [0.3, 0.4) is 0 Å². The van der Waals surface area contributed by atoms with Crippen LogP contribution >= 0.6 is 11.6 Å². The molecule has 0 aliphatic carbocycles. The molecule has 6 heteroatoms. The maximum Gasteiger partial charge on any atom is 0.126 e. The Morgan fingerprint density at radius 3 is 2.57 bits per heavy atom. The van der Waals surface area contributed by atoms with Crippen LogP contribution in [-0.4, -0.2) is 42.7 Å². The number of aliphatic hydroxyl groups is 2. The van der Waals surface area contributed by atoms with Gasteiger partial charge in [0.25, 0.3) is 0 Å². The van der Waals surface area contributed by atoms with Crippen molar-refractivity contribution in [2.45, 2.75) is 44.5 Å². The predicted molar refractivity (Wildman–Crippen MR) is 108 cm³/mol. The fourth-order valence-corrected chi connectivity index (χ4v) is 3.80. The monoisotopic (exact) mass is 406 g/mol. The Kier molecular flexibility index (Phi) is 7.18. The second-order valence-corrected chi connectivity index (χ2v) is 7.40. The Bertz CT molecular complexity index is 777. The van der Waals surface area contributed by atoms with Crippen LogP contribution < -0.4 is 9.47 Å². The highest BCUT2D eigenvalue weighted by Crippen LogP contribution is 2.39. The van der Waals surface area contributed by atoms with Crippen LogP contribution in [0, 0.1) is 0 Å². The standard InChI is InChI=1S/C22H27ClO5/c1-3-27-17-6-4-14(5-7-17)8-15-9-19(21(26-2)12-20(15)23)22-11-16(25)10-18(13-24)28-22/h4-7,9,12,16,18,22,24-25H,3,8,10-11,13H2,1-2H3/t16-,18-,22+/m0/s1. The van der Waals surface area contributed by atoms with Gasteiger partial charge in [-0.3, -0.25) is 0 Å². The van der Waals surface area contributed by atoms with Crippen LogP contribution in [0.2, 0.25) is 5.02 Å². The second kappa shape index (κ2) is 9.61. The van der Waals surface area contributed by atoms with Gasteiger partial charge in [-0.05, 0) is 48.7 Å². The highest BCUT2D eigenvalue weighted by molar-refractivity contribution is 6.31. The quantitative estimate of drug-likeness (QED) is 0.729. The zero-order valence-electron chi connectivity index (χ0n) is 16.2. The van der Waals surface area contributed by atoms with Gasteiger partial charge < -0.3 is 24.4 Å². The average molecular weight is 407 g/mol. The lowest BCUT2D eigenvalue weighted by molar-refractivity contribution is -0.114. The van der Waals surface area contributed by atoms with Gasteiger partial charge in [-0.1, -0.05) is 23.7 Å². The van der Waals surface area contributed by atoms with Crippen LogP contribution in [-0.2, 0) is 11.2 Å². The minimum atomic E-state index is -0.522. The maximum absolute atomic E-state index is 10.2. The molecule has 0 unspecified atom stereocenters. The summed E-state index contributed by atoms with van der Waals surface area (Å²) in [6, 6.07) is 11.7. The van der Waals surface area contributed by atoms with Crippen molar-refractivity contribution in [3.05, 3.63) is 58.1 Å². The molecule has 2 aromatic carbocycles. The Morgan fingerprint density at radius 2 is 1.93 bits per heavy atom.